The third-order valence-corrected chi connectivity index (χ3v) is 2.49. The zero-order valence-electron chi connectivity index (χ0n) is 11.4. The molecule has 7 heteroatoms. The minimum Gasteiger partial charge on any atom is -0.373 e. The zero-order valence-corrected chi connectivity index (χ0v) is 11.4. The molecule has 1 saturated heterocycles. The van der Waals surface area contributed by atoms with Crippen LogP contribution in [0, 0.1) is 0 Å². The minimum absolute atomic E-state index is 0.119. The van der Waals surface area contributed by atoms with E-state index in [2.05, 4.69) is 18.5 Å². The molecule has 1 rings (SSSR count). The Labute approximate surface area is 117 Å². The van der Waals surface area contributed by atoms with Crippen molar-refractivity contribution in [3.8, 4) is 0 Å². The summed E-state index contributed by atoms with van der Waals surface area (Å²) in [5, 5.41) is 1.87. The molecule has 0 aromatic carbocycles. The second-order valence-electron chi connectivity index (χ2n) is 3.95. The molecular weight excluding hydrogens is 268 g/mol. The van der Waals surface area contributed by atoms with Crippen LogP contribution < -0.4 is 5.32 Å². The maximum Gasteiger partial charge on any atom is 0.295 e. The number of ketones is 1. The average Bonchev–Trinajstić information content (AvgIpc) is 2.47. The smallest absolute Gasteiger partial charge is 0.295 e. The molecule has 1 aliphatic rings. The fraction of sp³-hybridized carbons (Fsp3) is 0.385. The van der Waals surface area contributed by atoms with Gasteiger partial charge in [0.2, 0.25) is 5.78 Å². The van der Waals surface area contributed by atoms with Crippen molar-refractivity contribution in [2.24, 2.45) is 0 Å². The van der Waals surface area contributed by atoms with Gasteiger partial charge in [0.1, 0.15) is 12.7 Å². The zero-order chi connectivity index (χ0) is 15.4. The van der Waals surface area contributed by atoms with Gasteiger partial charge in [-0.2, -0.15) is 0 Å². The Morgan fingerprint density at radius 2 is 1.75 bits per heavy atom. The lowest BCUT2D eigenvalue weighted by atomic mass is 10.3. The Bertz CT molecular complexity index is 376. The van der Waals surface area contributed by atoms with Gasteiger partial charge in [-0.1, -0.05) is 6.58 Å². The highest BCUT2D eigenvalue weighted by molar-refractivity contribution is 6.40. The fourth-order valence-corrected chi connectivity index (χ4v) is 1.32. The molecule has 0 atom stereocenters. The second-order valence-corrected chi connectivity index (χ2v) is 3.95. The number of nitrogens with one attached hydrogen (secondary N) is 1. The number of carbonyl (C=O) groups excluding carboxylic acids is 2. The Balaban J connectivity index is 0.000000361. The predicted octanol–water partition coefficient (Wildman–Crippen LogP) is 0.973. The summed E-state index contributed by atoms with van der Waals surface area (Å²) >= 11 is 0. The summed E-state index contributed by atoms with van der Waals surface area (Å²) in [6, 6.07) is 0. The van der Waals surface area contributed by atoms with Crippen LogP contribution in [0.4, 0.5) is 8.78 Å². The van der Waals surface area contributed by atoms with Crippen LogP contribution >= 0.6 is 0 Å². The third kappa shape index (κ3) is 8.15. The van der Waals surface area contributed by atoms with Gasteiger partial charge in [0.15, 0.2) is 0 Å². The largest absolute Gasteiger partial charge is 0.373 e. The summed E-state index contributed by atoms with van der Waals surface area (Å²) in [5.74, 6) is -1.69. The lowest BCUT2D eigenvalue weighted by Crippen LogP contribution is -2.41. The van der Waals surface area contributed by atoms with E-state index in [1.807, 2.05) is 10.2 Å². The third-order valence-electron chi connectivity index (χ3n) is 2.49. The highest BCUT2D eigenvalue weighted by Gasteiger charge is 2.09. The van der Waals surface area contributed by atoms with Crippen LogP contribution in [-0.4, -0.2) is 54.7 Å². The molecule has 0 saturated carbocycles. The van der Waals surface area contributed by atoms with Gasteiger partial charge in [-0.25, -0.2) is 8.78 Å². The first kappa shape index (κ1) is 18.0. The number of halogens is 2. The summed E-state index contributed by atoms with van der Waals surface area (Å²) in [7, 11) is 2.08. The van der Waals surface area contributed by atoms with E-state index in [9.17, 15) is 18.4 Å². The monoisotopic (exact) mass is 287 g/mol. The molecule has 1 heterocycles. The number of likely N-dealkylation sites (N-methyl/N-ethyl adjacent to an activating group) is 1. The summed E-state index contributed by atoms with van der Waals surface area (Å²) < 4.78 is 22.8. The topological polar surface area (TPSA) is 52.7 Å². The summed E-state index contributed by atoms with van der Waals surface area (Å²) in [5.41, 5.74) is 0. The van der Waals surface area contributed by atoms with Gasteiger partial charge in [-0.15, -0.1) is 0 Å². The Kier molecular flexibility index (Phi) is 9.76. The number of carbonyl (C=O) groups is 2. The van der Waals surface area contributed by atoms with E-state index < -0.39 is 11.7 Å². The fourth-order valence-electron chi connectivity index (χ4n) is 1.32. The molecule has 112 valence electrons. The molecule has 0 aliphatic carbocycles. The Morgan fingerprint density at radius 1 is 1.15 bits per heavy atom. The molecule has 0 spiro atoms. The highest BCUT2D eigenvalue weighted by atomic mass is 19.1. The van der Waals surface area contributed by atoms with Crippen LogP contribution in [0.25, 0.3) is 0 Å². The summed E-state index contributed by atoms with van der Waals surface area (Å²) in [6.07, 6.45) is 3.80. The molecule has 20 heavy (non-hydrogen) atoms. The van der Waals surface area contributed by atoms with Gasteiger partial charge in [0.25, 0.3) is 5.91 Å². The van der Waals surface area contributed by atoms with Crippen LogP contribution in [0.1, 0.15) is 0 Å². The van der Waals surface area contributed by atoms with Crippen molar-refractivity contribution < 1.29 is 18.4 Å². The van der Waals surface area contributed by atoms with Gasteiger partial charge < -0.3 is 15.1 Å². The van der Waals surface area contributed by atoms with Crippen molar-refractivity contribution in [3.63, 3.8) is 0 Å². The molecule has 1 aliphatic heterocycles. The van der Waals surface area contributed by atoms with Crippen LogP contribution in [0.2, 0.25) is 0 Å². The van der Waals surface area contributed by atoms with Crippen LogP contribution in [-0.2, 0) is 9.59 Å². The van der Waals surface area contributed by atoms with Gasteiger partial charge in [-0.05, 0) is 13.1 Å². The molecule has 0 bridgehead atoms. The summed E-state index contributed by atoms with van der Waals surface area (Å²) in [6.45, 7) is 7.01. The maximum absolute atomic E-state index is 11.6. The van der Waals surface area contributed by atoms with Crippen molar-refractivity contribution in [2.75, 3.05) is 33.2 Å². The number of hydrogen-bond donors (Lipinski definition) is 1. The van der Waals surface area contributed by atoms with Crippen molar-refractivity contribution in [1.82, 2.24) is 15.1 Å². The first-order valence-corrected chi connectivity index (χ1v) is 5.97. The standard InChI is InChI=1S/C7H13FN2.C6H6FNO2/c1-9-4-6-10(3-2-8)7-5-9;1-2-5(9)6(10)8-4-3-7/h2-3H,4-7H2,1H3;2-4H,1H2,(H,8,10)/b3-2-;4-3-. The molecule has 0 aromatic rings. The molecule has 0 radical (unpaired) electrons. The molecule has 5 nitrogen and oxygen atoms in total. The van der Waals surface area contributed by atoms with Gasteiger partial charge >= 0.3 is 0 Å². The molecule has 0 unspecified atom stereocenters. The van der Waals surface area contributed by atoms with E-state index in [1.165, 1.54) is 6.20 Å². The van der Waals surface area contributed by atoms with Crippen molar-refractivity contribution in [1.29, 1.82) is 0 Å². The summed E-state index contributed by atoms with van der Waals surface area (Å²) in [4.78, 5) is 24.9. The normalized spacial score (nSPS) is 15.8. The van der Waals surface area contributed by atoms with Crippen LogP contribution in [0.15, 0.2) is 37.7 Å². The Morgan fingerprint density at radius 3 is 2.20 bits per heavy atom. The van der Waals surface area contributed by atoms with E-state index >= 15 is 0 Å². The SMILES string of the molecule is C=CC(=O)C(=O)N/C=C\F.CN1CCN(/C=C\F)CC1. The van der Waals surface area contributed by atoms with E-state index in [4.69, 9.17) is 0 Å². The molecule has 1 amide bonds. The maximum atomic E-state index is 11.6. The van der Waals surface area contributed by atoms with Crippen molar-refractivity contribution >= 4 is 11.7 Å². The number of hydrogen-bond acceptors (Lipinski definition) is 4. The van der Waals surface area contributed by atoms with Gasteiger partial charge in [0, 0.05) is 38.6 Å². The van der Waals surface area contributed by atoms with E-state index in [0.29, 0.717) is 6.33 Å². The van der Waals surface area contributed by atoms with Gasteiger partial charge in [-0.3, -0.25) is 9.59 Å². The number of amides is 1. The lowest BCUT2D eigenvalue weighted by molar-refractivity contribution is -0.134. The van der Waals surface area contributed by atoms with Gasteiger partial charge in [0.05, 0.1) is 0 Å². The van der Waals surface area contributed by atoms with E-state index in [1.54, 1.807) is 0 Å². The first-order valence-electron chi connectivity index (χ1n) is 5.97. The highest BCUT2D eigenvalue weighted by Crippen LogP contribution is 1.98. The van der Waals surface area contributed by atoms with Crippen LogP contribution in [0.3, 0.4) is 0 Å². The Hall–Kier alpha value is -2.02. The number of piperazine rings is 1. The minimum atomic E-state index is -0.899. The quantitative estimate of drug-likeness (QED) is 0.618. The molecule has 1 fully saturated rings. The number of rotatable bonds is 4. The lowest BCUT2D eigenvalue weighted by Gasteiger charge is -2.30. The van der Waals surface area contributed by atoms with E-state index in [0.717, 1.165) is 38.5 Å². The molecule has 1 N–H and O–H groups in total. The first-order chi connectivity index (χ1) is 9.54. The average molecular weight is 287 g/mol. The molecule has 0 aromatic heterocycles. The predicted molar refractivity (Wildman–Crippen MR) is 72.9 cm³/mol. The second kappa shape index (κ2) is 10.9. The van der Waals surface area contributed by atoms with E-state index in [-0.39, 0.29) is 6.33 Å². The number of nitrogens with zero attached hydrogens (tertiary/aromatic N) is 2. The van der Waals surface area contributed by atoms with Crippen molar-refractivity contribution in [2.45, 2.75) is 0 Å². The van der Waals surface area contributed by atoms with Crippen LogP contribution in [0.5, 0.6) is 0 Å². The molecular formula is C13H19F2N3O2. The van der Waals surface area contributed by atoms with Crippen molar-refractivity contribution in [3.05, 3.63) is 37.7 Å².